The third-order valence-corrected chi connectivity index (χ3v) is 5.46. The number of carbonyl (C=O) groups excluding carboxylic acids is 1. The third kappa shape index (κ3) is 4.60. The van der Waals surface area contributed by atoms with E-state index in [0.29, 0.717) is 18.8 Å². The van der Waals surface area contributed by atoms with Gasteiger partial charge in [0.15, 0.2) is 6.10 Å². The molecule has 2 atom stereocenters. The monoisotopic (exact) mass is 345 g/mol. The first-order valence-corrected chi connectivity index (χ1v) is 9.25. The van der Waals surface area contributed by atoms with Crippen molar-refractivity contribution in [1.29, 1.82) is 0 Å². The SMILES string of the molecule is Cc1ccc(CCC2CCN(C(=O)[C@@H]3CC[C@H](C(=O)O)O3)CC2)cc1. The number of nitrogens with zero attached hydrogens (tertiary/aromatic N) is 1. The number of piperidine rings is 1. The second kappa shape index (κ2) is 8.00. The molecule has 2 saturated heterocycles. The van der Waals surface area contributed by atoms with Crippen LogP contribution in [0.1, 0.15) is 43.2 Å². The number of hydrogen-bond acceptors (Lipinski definition) is 3. The Bertz CT molecular complexity index is 605. The van der Waals surface area contributed by atoms with E-state index < -0.39 is 18.2 Å². The molecule has 0 unspecified atom stereocenters. The highest BCUT2D eigenvalue weighted by Gasteiger charge is 2.37. The standard InChI is InChI=1S/C20H27NO4/c1-14-2-4-15(5-3-14)6-7-16-10-12-21(13-11-16)19(22)17-8-9-18(25-17)20(23)24/h2-5,16-18H,6-13H2,1H3,(H,23,24)/t17-,18+/m0/s1. The number of hydrogen-bond donors (Lipinski definition) is 1. The molecule has 5 heteroatoms. The van der Waals surface area contributed by atoms with Crippen molar-refractivity contribution in [2.45, 2.75) is 57.7 Å². The van der Waals surface area contributed by atoms with Crippen LogP contribution in [-0.2, 0) is 20.7 Å². The van der Waals surface area contributed by atoms with Gasteiger partial charge in [-0.2, -0.15) is 0 Å². The molecule has 1 amide bonds. The summed E-state index contributed by atoms with van der Waals surface area (Å²) in [4.78, 5) is 25.3. The van der Waals surface area contributed by atoms with Gasteiger partial charge in [-0.3, -0.25) is 4.79 Å². The smallest absolute Gasteiger partial charge is 0.332 e. The Morgan fingerprint density at radius 1 is 1.08 bits per heavy atom. The Balaban J connectivity index is 1.41. The molecule has 2 aliphatic heterocycles. The average molecular weight is 345 g/mol. The Kier molecular flexibility index (Phi) is 5.74. The highest BCUT2D eigenvalue weighted by Crippen LogP contribution is 2.26. The number of rotatable bonds is 5. The Morgan fingerprint density at radius 3 is 2.32 bits per heavy atom. The largest absolute Gasteiger partial charge is 0.479 e. The van der Waals surface area contributed by atoms with E-state index in [0.717, 1.165) is 38.8 Å². The first-order valence-electron chi connectivity index (χ1n) is 9.25. The number of ether oxygens (including phenoxy) is 1. The first-order chi connectivity index (χ1) is 12.0. The van der Waals surface area contributed by atoms with Crippen LogP contribution in [0.15, 0.2) is 24.3 Å². The van der Waals surface area contributed by atoms with Crippen LogP contribution in [-0.4, -0.2) is 47.2 Å². The molecular weight excluding hydrogens is 318 g/mol. The fraction of sp³-hybridized carbons (Fsp3) is 0.600. The first kappa shape index (κ1) is 17.9. The second-order valence-corrected chi connectivity index (χ2v) is 7.32. The quantitative estimate of drug-likeness (QED) is 0.891. The van der Waals surface area contributed by atoms with Crippen molar-refractivity contribution in [3.8, 4) is 0 Å². The Labute approximate surface area is 149 Å². The number of amides is 1. The van der Waals surface area contributed by atoms with Crippen LogP contribution in [0, 0.1) is 12.8 Å². The van der Waals surface area contributed by atoms with Crippen LogP contribution in [0.25, 0.3) is 0 Å². The van der Waals surface area contributed by atoms with E-state index in [4.69, 9.17) is 9.84 Å². The lowest BCUT2D eigenvalue weighted by atomic mass is 9.90. The van der Waals surface area contributed by atoms with Gasteiger partial charge in [0.2, 0.25) is 0 Å². The zero-order valence-electron chi connectivity index (χ0n) is 14.8. The molecule has 1 aromatic rings. The summed E-state index contributed by atoms with van der Waals surface area (Å²) in [6.45, 7) is 3.62. The number of carbonyl (C=O) groups is 2. The lowest BCUT2D eigenvalue weighted by Gasteiger charge is -2.33. The minimum atomic E-state index is -0.967. The molecule has 1 N–H and O–H groups in total. The predicted molar refractivity (Wildman–Crippen MR) is 94.3 cm³/mol. The average Bonchev–Trinajstić information content (AvgIpc) is 3.11. The molecule has 0 aliphatic carbocycles. The maximum atomic E-state index is 12.5. The van der Waals surface area contributed by atoms with Crippen LogP contribution in [0.5, 0.6) is 0 Å². The van der Waals surface area contributed by atoms with Crippen molar-refractivity contribution < 1.29 is 19.4 Å². The van der Waals surface area contributed by atoms with Gasteiger partial charge in [-0.15, -0.1) is 0 Å². The zero-order valence-corrected chi connectivity index (χ0v) is 14.8. The fourth-order valence-corrected chi connectivity index (χ4v) is 3.77. The van der Waals surface area contributed by atoms with Gasteiger partial charge in [0.25, 0.3) is 5.91 Å². The fourth-order valence-electron chi connectivity index (χ4n) is 3.77. The Hall–Kier alpha value is -1.88. The van der Waals surface area contributed by atoms with Crippen LogP contribution in [0.3, 0.4) is 0 Å². The van der Waals surface area contributed by atoms with Crippen LogP contribution < -0.4 is 0 Å². The van der Waals surface area contributed by atoms with E-state index in [1.807, 2.05) is 4.90 Å². The topological polar surface area (TPSA) is 66.8 Å². The van der Waals surface area contributed by atoms with Gasteiger partial charge < -0.3 is 14.7 Å². The summed E-state index contributed by atoms with van der Waals surface area (Å²) >= 11 is 0. The molecule has 0 spiro atoms. The molecule has 0 bridgehead atoms. The van der Waals surface area contributed by atoms with Crippen LogP contribution >= 0.6 is 0 Å². The van der Waals surface area contributed by atoms with E-state index in [-0.39, 0.29) is 5.91 Å². The minimum absolute atomic E-state index is 0.0271. The van der Waals surface area contributed by atoms with Crippen molar-refractivity contribution in [3.05, 3.63) is 35.4 Å². The summed E-state index contributed by atoms with van der Waals surface area (Å²) in [6.07, 6.45) is 3.85. The molecule has 136 valence electrons. The highest BCUT2D eigenvalue weighted by molar-refractivity contribution is 5.82. The van der Waals surface area contributed by atoms with Gasteiger partial charge in [-0.05, 0) is 56.9 Å². The molecule has 0 aromatic heterocycles. The summed E-state index contributed by atoms with van der Waals surface area (Å²) in [5.74, 6) is -0.340. The molecule has 2 fully saturated rings. The number of benzene rings is 1. The van der Waals surface area contributed by atoms with Crippen molar-refractivity contribution in [2.75, 3.05) is 13.1 Å². The lowest BCUT2D eigenvalue weighted by Crippen LogP contribution is -2.44. The predicted octanol–water partition coefficient (Wildman–Crippen LogP) is 2.80. The van der Waals surface area contributed by atoms with E-state index in [2.05, 4.69) is 31.2 Å². The lowest BCUT2D eigenvalue weighted by molar-refractivity contribution is -0.155. The van der Waals surface area contributed by atoms with Crippen LogP contribution in [0.2, 0.25) is 0 Å². The molecule has 25 heavy (non-hydrogen) atoms. The normalized spacial score (nSPS) is 24.4. The summed E-state index contributed by atoms with van der Waals surface area (Å²) in [5.41, 5.74) is 2.66. The molecule has 0 saturated carbocycles. The molecule has 1 aromatic carbocycles. The van der Waals surface area contributed by atoms with E-state index >= 15 is 0 Å². The maximum Gasteiger partial charge on any atom is 0.332 e. The highest BCUT2D eigenvalue weighted by atomic mass is 16.5. The minimum Gasteiger partial charge on any atom is -0.479 e. The van der Waals surface area contributed by atoms with Crippen LogP contribution in [0.4, 0.5) is 0 Å². The summed E-state index contributed by atoms with van der Waals surface area (Å²) in [6, 6.07) is 8.71. The van der Waals surface area contributed by atoms with Gasteiger partial charge in [0, 0.05) is 13.1 Å². The van der Waals surface area contributed by atoms with Crippen molar-refractivity contribution in [2.24, 2.45) is 5.92 Å². The number of likely N-dealkylation sites (tertiary alicyclic amines) is 1. The van der Waals surface area contributed by atoms with E-state index in [9.17, 15) is 9.59 Å². The van der Waals surface area contributed by atoms with Crippen molar-refractivity contribution in [3.63, 3.8) is 0 Å². The maximum absolute atomic E-state index is 12.5. The number of aliphatic carboxylic acids is 1. The molecule has 5 nitrogen and oxygen atoms in total. The molecule has 3 rings (SSSR count). The summed E-state index contributed by atoms with van der Waals surface area (Å²) < 4.78 is 5.39. The molecule has 0 radical (unpaired) electrons. The summed E-state index contributed by atoms with van der Waals surface area (Å²) in [7, 11) is 0. The number of carboxylic acid groups (broad SMARTS) is 1. The number of carboxylic acids is 1. The van der Waals surface area contributed by atoms with Gasteiger partial charge in [-0.25, -0.2) is 4.79 Å². The van der Waals surface area contributed by atoms with E-state index in [1.165, 1.54) is 11.1 Å². The Morgan fingerprint density at radius 2 is 1.72 bits per heavy atom. The van der Waals surface area contributed by atoms with Crippen molar-refractivity contribution >= 4 is 11.9 Å². The van der Waals surface area contributed by atoms with E-state index in [1.54, 1.807) is 0 Å². The molecule has 2 heterocycles. The molecular formula is C20H27NO4. The van der Waals surface area contributed by atoms with Gasteiger partial charge >= 0.3 is 5.97 Å². The van der Waals surface area contributed by atoms with Gasteiger partial charge in [0.05, 0.1) is 0 Å². The molecule has 2 aliphatic rings. The zero-order chi connectivity index (χ0) is 17.8. The van der Waals surface area contributed by atoms with Gasteiger partial charge in [0.1, 0.15) is 6.10 Å². The van der Waals surface area contributed by atoms with Gasteiger partial charge in [-0.1, -0.05) is 29.8 Å². The van der Waals surface area contributed by atoms with Crippen molar-refractivity contribution in [1.82, 2.24) is 4.90 Å². The second-order valence-electron chi connectivity index (χ2n) is 7.32. The third-order valence-electron chi connectivity index (χ3n) is 5.46. The summed E-state index contributed by atoms with van der Waals surface area (Å²) in [5, 5.41) is 8.98. The number of aryl methyl sites for hydroxylation is 2.